The Morgan fingerprint density at radius 1 is 1.30 bits per heavy atom. The van der Waals surface area contributed by atoms with Gasteiger partial charge in [0.05, 0.1) is 11.0 Å². The number of benzene rings is 1. The Bertz CT molecular complexity index is 431. The predicted octanol–water partition coefficient (Wildman–Crippen LogP) is 2.35. The van der Waals surface area contributed by atoms with Crippen LogP contribution in [-0.4, -0.2) is 42.7 Å². The van der Waals surface area contributed by atoms with Crippen LogP contribution in [0.15, 0.2) is 24.3 Å². The molecule has 1 aliphatic rings. The highest BCUT2D eigenvalue weighted by atomic mass is 35.5. The summed E-state index contributed by atoms with van der Waals surface area (Å²) < 4.78 is 13.3. The number of nitro groups is 1. The number of nitrogens with zero attached hydrogens (tertiary/aromatic N) is 2. The van der Waals surface area contributed by atoms with Crippen molar-refractivity contribution in [1.29, 1.82) is 0 Å². The van der Waals surface area contributed by atoms with Crippen LogP contribution in [0.2, 0.25) is 0 Å². The van der Waals surface area contributed by atoms with E-state index in [9.17, 15) is 14.5 Å². The quantitative estimate of drug-likeness (QED) is 0.682. The summed E-state index contributed by atoms with van der Waals surface area (Å²) in [5.74, 6) is 0. The molecule has 1 aromatic rings. The summed E-state index contributed by atoms with van der Waals surface area (Å²) in [5.41, 5.74) is 0.464. The van der Waals surface area contributed by atoms with E-state index in [1.54, 1.807) is 18.2 Å². The molecule has 0 saturated carbocycles. The van der Waals surface area contributed by atoms with Crippen molar-refractivity contribution in [2.45, 2.75) is 6.04 Å². The molecule has 0 spiro atoms. The second kappa shape index (κ2) is 9.07. The Hall–Kier alpha value is -0.950. The maximum absolute atomic E-state index is 13.3. The number of nitrogens with one attached hydrogen (secondary N) is 1. The van der Waals surface area contributed by atoms with Gasteiger partial charge in [-0.2, -0.15) is 0 Å². The normalized spacial score (nSPS) is 16.6. The summed E-state index contributed by atoms with van der Waals surface area (Å²) >= 11 is 0. The first-order chi connectivity index (χ1) is 8.74. The molecule has 1 N–H and O–H groups in total. The molecular weight excluding hydrogens is 308 g/mol. The predicted molar refractivity (Wildman–Crippen MR) is 80.8 cm³/mol. The number of para-hydroxylation sites is 1. The molecule has 1 aromatic carbocycles. The lowest BCUT2D eigenvalue weighted by Gasteiger charge is -2.33. The van der Waals surface area contributed by atoms with E-state index in [4.69, 9.17) is 0 Å². The zero-order chi connectivity index (χ0) is 13.0. The average molecular weight is 326 g/mol. The van der Waals surface area contributed by atoms with Gasteiger partial charge >= 0.3 is 0 Å². The van der Waals surface area contributed by atoms with Crippen molar-refractivity contribution in [3.05, 3.63) is 39.9 Å². The Kier molecular flexibility index (Phi) is 8.64. The highest BCUT2D eigenvalue weighted by Crippen LogP contribution is 2.29. The summed E-state index contributed by atoms with van der Waals surface area (Å²) in [6.07, 6.45) is 0. The number of piperazine rings is 1. The van der Waals surface area contributed by atoms with Crippen LogP contribution < -0.4 is 5.32 Å². The molecule has 114 valence electrons. The van der Waals surface area contributed by atoms with Crippen molar-refractivity contribution in [2.24, 2.45) is 0 Å². The molecular formula is C12H18Cl2FN3O2. The van der Waals surface area contributed by atoms with Crippen LogP contribution in [0, 0.1) is 10.1 Å². The Labute approximate surface area is 129 Å². The molecule has 1 saturated heterocycles. The van der Waals surface area contributed by atoms with Gasteiger partial charge in [-0.05, 0) is 0 Å². The number of nitro benzene ring substituents is 1. The maximum Gasteiger partial charge on any atom is 0.274 e. The number of hydrogen-bond donors (Lipinski definition) is 1. The van der Waals surface area contributed by atoms with Gasteiger partial charge in [-0.1, -0.05) is 18.2 Å². The zero-order valence-electron chi connectivity index (χ0n) is 10.8. The Balaban J connectivity index is 0.00000180. The largest absolute Gasteiger partial charge is 0.314 e. The molecule has 1 fully saturated rings. The van der Waals surface area contributed by atoms with Gasteiger partial charge in [0.1, 0.15) is 6.67 Å². The van der Waals surface area contributed by atoms with E-state index in [0.29, 0.717) is 18.7 Å². The van der Waals surface area contributed by atoms with E-state index < -0.39 is 17.6 Å². The third kappa shape index (κ3) is 4.28. The molecule has 1 atom stereocenters. The number of hydrogen-bond acceptors (Lipinski definition) is 4. The second-order valence-corrected chi connectivity index (χ2v) is 4.27. The number of alkyl halides is 1. The topological polar surface area (TPSA) is 58.4 Å². The molecule has 0 unspecified atom stereocenters. The van der Waals surface area contributed by atoms with Crippen molar-refractivity contribution in [1.82, 2.24) is 10.2 Å². The molecule has 1 heterocycles. The van der Waals surface area contributed by atoms with Crippen LogP contribution in [0.3, 0.4) is 0 Å². The molecule has 0 aliphatic carbocycles. The van der Waals surface area contributed by atoms with Gasteiger partial charge in [-0.25, -0.2) is 4.39 Å². The molecule has 20 heavy (non-hydrogen) atoms. The summed E-state index contributed by atoms with van der Waals surface area (Å²) in [5, 5.41) is 14.2. The van der Waals surface area contributed by atoms with E-state index in [2.05, 4.69) is 5.32 Å². The standard InChI is InChI=1S/C12H16FN3O2.2ClH/c13-9-12(15-7-5-14-6-8-15)10-3-1-2-4-11(10)16(17)18;;/h1-4,12,14H,5-9H2;2*1H/t12-;;/m0../s1. The van der Waals surface area contributed by atoms with Crippen LogP contribution >= 0.6 is 24.8 Å². The van der Waals surface area contributed by atoms with E-state index in [1.165, 1.54) is 6.07 Å². The van der Waals surface area contributed by atoms with Crippen LogP contribution in [0.1, 0.15) is 11.6 Å². The lowest BCUT2D eigenvalue weighted by Crippen LogP contribution is -2.45. The summed E-state index contributed by atoms with van der Waals surface area (Å²) in [6.45, 7) is 2.39. The van der Waals surface area contributed by atoms with Crippen molar-refractivity contribution in [3.8, 4) is 0 Å². The fraction of sp³-hybridized carbons (Fsp3) is 0.500. The first-order valence-electron chi connectivity index (χ1n) is 5.98. The molecule has 0 bridgehead atoms. The van der Waals surface area contributed by atoms with Gasteiger partial charge in [-0.15, -0.1) is 24.8 Å². The first-order valence-corrected chi connectivity index (χ1v) is 5.98. The first kappa shape index (κ1) is 19.1. The lowest BCUT2D eigenvalue weighted by molar-refractivity contribution is -0.386. The van der Waals surface area contributed by atoms with Crippen molar-refractivity contribution in [3.63, 3.8) is 0 Å². The molecule has 0 amide bonds. The highest BCUT2D eigenvalue weighted by molar-refractivity contribution is 5.85. The summed E-state index contributed by atoms with van der Waals surface area (Å²) in [7, 11) is 0. The van der Waals surface area contributed by atoms with Gasteiger partial charge in [0.25, 0.3) is 5.69 Å². The van der Waals surface area contributed by atoms with E-state index >= 15 is 0 Å². The fourth-order valence-electron chi connectivity index (χ4n) is 2.31. The molecule has 0 aromatic heterocycles. The Morgan fingerprint density at radius 2 is 1.90 bits per heavy atom. The molecule has 2 rings (SSSR count). The molecule has 1 aliphatic heterocycles. The van der Waals surface area contributed by atoms with Gasteiger partial charge in [0.15, 0.2) is 0 Å². The monoisotopic (exact) mass is 325 g/mol. The second-order valence-electron chi connectivity index (χ2n) is 4.27. The number of halogens is 3. The minimum absolute atomic E-state index is 0. The third-order valence-electron chi connectivity index (χ3n) is 3.23. The van der Waals surface area contributed by atoms with Crippen LogP contribution in [-0.2, 0) is 0 Å². The molecule has 8 heteroatoms. The molecule has 5 nitrogen and oxygen atoms in total. The Morgan fingerprint density at radius 3 is 2.45 bits per heavy atom. The van der Waals surface area contributed by atoms with E-state index in [-0.39, 0.29) is 30.5 Å². The zero-order valence-corrected chi connectivity index (χ0v) is 12.5. The maximum atomic E-state index is 13.3. The van der Waals surface area contributed by atoms with E-state index in [0.717, 1.165) is 13.1 Å². The summed E-state index contributed by atoms with van der Waals surface area (Å²) in [6, 6.07) is 5.88. The van der Waals surface area contributed by atoms with Crippen LogP contribution in [0.4, 0.5) is 10.1 Å². The van der Waals surface area contributed by atoms with Gasteiger partial charge in [0.2, 0.25) is 0 Å². The average Bonchev–Trinajstić information content (AvgIpc) is 2.41. The van der Waals surface area contributed by atoms with Crippen molar-refractivity contribution < 1.29 is 9.31 Å². The van der Waals surface area contributed by atoms with E-state index in [1.807, 2.05) is 4.90 Å². The minimum atomic E-state index is -0.606. The summed E-state index contributed by atoms with van der Waals surface area (Å²) in [4.78, 5) is 12.5. The molecule has 0 radical (unpaired) electrons. The lowest BCUT2D eigenvalue weighted by atomic mass is 10.0. The van der Waals surface area contributed by atoms with Gasteiger partial charge in [-0.3, -0.25) is 15.0 Å². The SMILES string of the molecule is Cl.Cl.O=[N+]([O-])c1ccccc1[C@H](CF)N1CCNCC1. The van der Waals surface area contributed by atoms with Crippen LogP contribution in [0.5, 0.6) is 0 Å². The highest BCUT2D eigenvalue weighted by Gasteiger charge is 2.27. The number of rotatable bonds is 4. The van der Waals surface area contributed by atoms with Crippen molar-refractivity contribution in [2.75, 3.05) is 32.9 Å². The van der Waals surface area contributed by atoms with Gasteiger partial charge in [0, 0.05) is 37.8 Å². The van der Waals surface area contributed by atoms with Crippen LogP contribution in [0.25, 0.3) is 0 Å². The third-order valence-corrected chi connectivity index (χ3v) is 3.23. The van der Waals surface area contributed by atoms with Gasteiger partial charge < -0.3 is 5.32 Å². The van der Waals surface area contributed by atoms with Crippen molar-refractivity contribution >= 4 is 30.5 Å². The smallest absolute Gasteiger partial charge is 0.274 e. The minimum Gasteiger partial charge on any atom is -0.314 e. The fourth-order valence-corrected chi connectivity index (χ4v) is 2.31.